The zero-order valence-electron chi connectivity index (χ0n) is 10.4. The lowest BCUT2D eigenvalue weighted by Gasteiger charge is -2.14. The number of hydrogen-bond acceptors (Lipinski definition) is 2. The Morgan fingerprint density at radius 3 is 2.74 bits per heavy atom. The molecule has 3 aromatic rings. The summed E-state index contributed by atoms with van der Waals surface area (Å²) in [5.74, 6) is -0.412. The molecule has 3 rings (SSSR count). The number of aliphatic hydroxyl groups is 1. The van der Waals surface area contributed by atoms with Gasteiger partial charge in [0.15, 0.2) is 0 Å². The van der Waals surface area contributed by atoms with Gasteiger partial charge in [-0.05, 0) is 31.2 Å². The monoisotopic (exact) mass is 256 g/mol. The molecular formula is C15H13FN2O. The predicted molar refractivity (Wildman–Crippen MR) is 71.7 cm³/mol. The third-order valence-electron chi connectivity index (χ3n) is 3.16. The van der Waals surface area contributed by atoms with E-state index < -0.39 is 11.9 Å². The third kappa shape index (κ3) is 1.90. The Labute approximate surface area is 109 Å². The van der Waals surface area contributed by atoms with E-state index in [0.29, 0.717) is 5.69 Å². The first kappa shape index (κ1) is 11.9. The first-order chi connectivity index (χ1) is 9.18. The van der Waals surface area contributed by atoms with Gasteiger partial charge in [-0.25, -0.2) is 9.37 Å². The maximum absolute atomic E-state index is 13.9. The highest BCUT2D eigenvalue weighted by atomic mass is 19.1. The molecule has 0 fully saturated rings. The van der Waals surface area contributed by atoms with E-state index in [-0.39, 0.29) is 5.56 Å². The quantitative estimate of drug-likeness (QED) is 0.764. The van der Waals surface area contributed by atoms with Crippen LogP contribution in [0.25, 0.3) is 16.7 Å². The minimum atomic E-state index is -0.877. The molecule has 19 heavy (non-hydrogen) atoms. The molecule has 0 saturated heterocycles. The lowest BCUT2D eigenvalue weighted by Crippen LogP contribution is -2.04. The first-order valence-corrected chi connectivity index (χ1v) is 6.07. The fourth-order valence-electron chi connectivity index (χ4n) is 2.30. The maximum Gasteiger partial charge on any atom is 0.131 e. The smallest absolute Gasteiger partial charge is 0.131 e. The second-order valence-corrected chi connectivity index (χ2v) is 4.45. The van der Waals surface area contributed by atoms with Gasteiger partial charge in [0, 0.05) is 5.56 Å². The molecule has 0 spiro atoms. The average molecular weight is 256 g/mol. The Balaban J connectivity index is 2.30. The van der Waals surface area contributed by atoms with Crippen LogP contribution in [0.3, 0.4) is 0 Å². The number of fused-ring (bicyclic) bond motifs is 1. The molecule has 1 atom stereocenters. The Kier molecular flexibility index (Phi) is 2.80. The van der Waals surface area contributed by atoms with Crippen molar-refractivity contribution in [3.63, 3.8) is 0 Å². The maximum atomic E-state index is 13.9. The Morgan fingerprint density at radius 2 is 1.95 bits per heavy atom. The van der Waals surface area contributed by atoms with E-state index in [1.807, 2.05) is 24.3 Å². The van der Waals surface area contributed by atoms with Crippen LogP contribution in [0.2, 0.25) is 0 Å². The molecule has 0 bridgehead atoms. The van der Waals surface area contributed by atoms with Crippen molar-refractivity contribution in [1.29, 1.82) is 0 Å². The standard InChI is InChI=1S/C15H13FN2O/c1-10(19)15-11(16)5-4-8-14(15)18-9-17-12-6-2-3-7-13(12)18/h2-10,19H,1H3/t10-/m0/s1. The van der Waals surface area contributed by atoms with Crippen molar-refractivity contribution >= 4 is 11.0 Å². The fourth-order valence-corrected chi connectivity index (χ4v) is 2.30. The van der Waals surface area contributed by atoms with Crippen LogP contribution in [0, 0.1) is 5.82 Å². The van der Waals surface area contributed by atoms with Crippen LogP contribution in [0.1, 0.15) is 18.6 Å². The molecule has 0 radical (unpaired) electrons. The van der Waals surface area contributed by atoms with Crippen molar-refractivity contribution in [3.8, 4) is 5.69 Å². The van der Waals surface area contributed by atoms with Gasteiger partial charge < -0.3 is 5.11 Å². The summed E-state index contributed by atoms with van der Waals surface area (Å²) in [5, 5.41) is 9.78. The Hall–Kier alpha value is -2.20. The van der Waals surface area contributed by atoms with Gasteiger partial charge in [-0.15, -0.1) is 0 Å². The lowest BCUT2D eigenvalue weighted by molar-refractivity contribution is 0.194. The molecule has 2 aromatic carbocycles. The Bertz CT molecular complexity index is 734. The zero-order valence-corrected chi connectivity index (χ0v) is 10.4. The van der Waals surface area contributed by atoms with E-state index in [9.17, 15) is 9.50 Å². The topological polar surface area (TPSA) is 38.0 Å². The molecule has 0 amide bonds. The molecule has 0 saturated carbocycles. The molecule has 0 aliphatic carbocycles. The number of para-hydroxylation sites is 2. The van der Waals surface area contributed by atoms with Gasteiger partial charge in [0.25, 0.3) is 0 Å². The average Bonchev–Trinajstić information content (AvgIpc) is 2.81. The highest BCUT2D eigenvalue weighted by Crippen LogP contribution is 2.27. The largest absolute Gasteiger partial charge is 0.389 e. The van der Waals surface area contributed by atoms with E-state index in [0.717, 1.165) is 11.0 Å². The summed E-state index contributed by atoms with van der Waals surface area (Å²) in [4.78, 5) is 4.28. The molecular weight excluding hydrogens is 243 g/mol. The lowest BCUT2D eigenvalue weighted by atomic mass is 10.1. The number of halogens is 1. The van der Waals surface area contributed by atoms with Crippen molar-refractivity contribution < 1.29 is 9.50 Å². The number of aromatic nitrogens is 2. The van der Waals surface area contributed by atoms with Crippen LogP contribution in [-0.4, -0.2) is 14.7 Å². The number of hydrogen-bond donors (Lipinski definition) is 1. The van der Waals surface area contributed by atoms with Crippen molar-refractivity contribution in [2.24, 2.45) is 0 Å². The highest BCUT2D eigenvalue weighted by molar-refractivity contribution is 5.77. The van der Waals surface area contributed by atoms with Crippen molar-refractivity contribution in [2.45, 2.75) is 13.0 Å². The van der Waals surface area contributed by atoms with Crippen LogP contribution >= 0.6 is 0 Å². The SMILES string of the molecule is C[C@H](O)c1c(F)cccc1-n1cnc2ccccc21. The number of aliphatic hydroxyl groups excluding tert-OH is 1. The van der Waals surface area contributed by atoms with E-state index in [1.165, 1.54) is 6.07 Å². The highest BCUT2D eigenvalue weighted by Gasteiger charge is 2.16. The summed E-state index contributed by atoms with van der Waals surface area (Å²) in [5.41, 5.74) is 2.62. The molecule has 96 valence electrons. The Morgan fingerprint density at radius 1 is 1.16 bits per heavy atom. The van der Waals surface area contributed by atoms with Crippen molar-refractivity contribution in [3.05, 3.63) is 60.2 Å². The van der Waals surface area contributed by atoms with E-state index in [1.54, 1.807) is 30.0 Å². The van der Waals surface area contributed by atoms with Crippen LogP contribution in [0.5, 0.6) is 0 Å². The van der Waals surface area contributed by atoms with Crippen LogP contribution in [0.4, 0.5) is 4.39 Å². The van der Waals surface area contributed by atoms with Crippen molar-refractivity contribution in [1.82, 2.24) is 9.55 Å². The molecule has 0 aliphatic rings. The number of rotatable bonds is 2. The normalized spacial score (nSPS) is 12.8. The van der Waals surface area contributed by atoms with E-state index in [4.69, 9.17) is 0 Å². The molecule has 0 unspecified atom stereocenters. The van der Waals surface area contributed by atoms with Crippen molar-refractivity contribution in [2.75, 3.05) is 0 Å². The molecule has 1 aromatic heterocycles. The van der Waals surface area contributed by atoms with Gasteiger partial charge in [0.05, 0.1) is 22.8 Å². The molecule has 1 heterocycles. The fraction of sp³-hybridized carbons (Fsp3) is 0.133. The number of imidazole rings is 1. The van der Waals surface area contributed by atoms with Gasteiger partial charge in [-0.3, -0.25) is 4.57 Å². The van der Waals surface area contributed by atoms with Gasteiger partial charge >= 0.3 is 0 Å². The number of benzene rings is 2. The summed E-state index contributed by atoms with van der Waals surface area (Å²) in [6, 6.07) is 12.4. The molecule has 1 N–H and O–H groups in total. The minimum Gasteiger partial charge on any atom is -0.389 e. The second-order valence-electron chi connectivity index (χ2n) is 4.45. The third-order valence-corrected chi connectivity index (χ3v) is 3.16. The summed E-state index contributed by atoms with van der Waals surface area (Å²) in [6.45, 7) is 1.56. The molecule has 0 aliphatic heterocycles. The van der Waals surface area contributed by atoms with Crippen LogP contribution in [0.15, 0.2) is 48.8 Å². The van der Waals surface area contributed by atoms with Crippen LogP contribution < -0.4 is 0 Å². The summed E-state index contributed by atoms with van der Waals surface area (Å²) in [7, 11) is 0. The second kappa shape index (κ2) is 4.48. The molecule has 3 nitrogen and oxygen atoms in total. The number of nitrogens with zero attached hydrogens (tertiary/aromatic N) is 2. The summed E-state index contributed by atoms with van der Waals surface area (Å²) >= 11 is 0. The van der Waals surface area contributed by atoms with E-state index in [2.05, 4.69) is 4.98 Å². The minimum absolute atomic E-state index is 0.283. The van der Waals surface area contributed by atoms with Gasteiger partial charge in [0.2, 0.25) is 0 Å². The predicted octanol–water partition coefficient (Wildman–Crippen LogP) is 3.22. The van der Waals surface area contributed by atoms with E-state index >= 15 is 0 Å². The summed E-state index contributed by atoms with van der Waals surface area (Å²) < 4.78 is 15.7. The zero-order chi connectivity index (χ0) is 13.4. The van der Waals surface area contributed by atoms with Gasteiger partial charge in [-0.1, -0.05) is 18.2 Å². The molecule has 4 heteroatoms. The first-order valence-electron chi connectivity index (χ1n) is 6.07. The van der Waals surface area contributed by atoms with Crippen LogP contribution in [-0.2, 0) is 0 Å². The van der Waals surface area contributed by atoms with Gasteiger partial charge in [0.1, 0.15) is 12.1 Å². The summed E-state index contributed by atoms with van der Waals surface area (Å²) in [6.07, 6.45) is 0.767. The van der Waals surface area contributed by atoms with Gasteiger partial charge in [-0.2, -0.15) is 0 Å².